The number of ketones is 1. The van der Waals surface area contributed by atoms with Crippen LogP contribution in [0.3, 0.4) is 0 Å². The van der Waals surface area contributed by atoms with E-state index in [0.29, 0.717) is 6.61 Å². The Morgan fingerprint density at radius 3 is 2.17 bits per heavy atom. The van der Waals surface area contributed by atoms with E-state index in [1.165, 1.54) is 39.0 Å². The van der Waals surface area contributed by atoms with E-state index in [1.807, 2.05) is 30.3 Å². The minimum absolute atomic E-state index is 0.00623. The van der Waals surface area contributed by atoms with Gasteiger partial charge in [0.2, 0.25) is 0 Å². The average molecular weight is 318 g/mol. The fourth-order valence-corrected chi connectivity index (χ4v) is 2.64. The van der Waals surface area contributed by atoms with Crippen LogP contribution >= 0.6 is 0 Å². The van der Waals surface area contributed by atoms with Gasteiger partial charge >= 0.3 is 5.97 Å². The Balaban J connectivity index is 2.33. The summed E-state index contributed by atoms with van der Waals surface area (Å²) in [5.41, 5.74) is 0.854. The van der Waals surface area contributed by atoms with Crippen LogP contribution in [-0.4, -0.2) is 18.4 Å². The molecular formula is C20H30O3. The summed E-state index contributed by atoms with van der Waals surface area (Å²) in [5.74, 6) is -0.748. The van der Waals surface area contributed by atoms with Crippen LogP contribution in [0.4, 0.5) is 0 Å². The minimum Gasteiger partial charge on any atom is -0.465 e. The van der Waals surface area contributed by atoms with Crippen molar-refractivity contribution < 1.29 is 14.3 Å². The molecule has 0 aliphatic heterocycles. The van der Waals surface area contributed by atoms with Crippen LogP contribution in [0.15, 0.2) is 30.3 Å². The van der Waals surface area contributed by atoms with Gasteiger partial charge in [0.15, 0.2) is 0 Å². The number of rotatable bonds is 12. The largest absolute Gasteiger partial charge is 0.465 e. The number of benzene rings is 1. The van der Waals surface area contributed by atoms with Crippen LogP contribution in [0.1, 0.15) is 76.7 Å². The standard InChI is InChI=1S/C20H30O3/c1-3-4-5-6-7-8-12-15-23-20(22)19(16-17(2)21)18-13-10-9-11-14-18/h9-11,13-14,19H,3-8,12,15-16H2,1-2H3. The molecule has 1 unspecified atom stereocenters. The number of esters is 1. The molecular weight excluding hydrogens is 288 g/mol. The van der Waals surface area contributed by atoms with Gasteiger partial charge in [-0.25, -0.2) is 0 Å². The van der Waals surface area contributed by atoms with E-state index in [4.69, 9.17) is 4.74 Å². The first-order chi connectivity index (χ1) is 11.1. The summed E-state index contributed by atoms with van der Waals surface area (Å²) in [5, 5.41) is 0. The molecule has 0 amide bonds. The van der Waals surface area contributed by atoms with Crippen molar-refractivity contribution in [3.05, 3.63) is 35.9 Å². The third kappa shape index (κ3) is 8.53. The van der Waals surface area contributed by atoms with Crippen molar-refractivity contribution in [1.29, 1.82) is 0 Å². The predicted molar refractivity (Wildman–Crippen MR) is 93.4 cm³/mol. The van der Waals surface area contributed by atoms with Crippen molar-refractivity contribution in [2.75, 3.05) is 6.61 Å². The molecule has 0 aromatic heterocycles. The lowest BCUT2D eigenvalue weighted by Crippen LogP contribution is -2.19. The zero-order valence-corrected chi connectivity index (χ0v) is 14.6. The molecule has 0 aliphatic rings. The van der Waals surface area contributed by atoms with Crippen molar-refractivity contribution in [2.24, 2.45) is 0 Å². The summed E-state index contributed by atoms with van der Waals surface area (Å²) >= 11 is 0. The maximum Gasteiger partial charge on any atom is 0.313 e. The Hall–Kier alpha value is -1.64. The number of carbonyl (C=O) groups is 2. The maximum atomic E-state index is 12.3. The molecule has 1 rings (SSSR count). The zero-order valence-electron chi connectivity index (χ0n) is 14.6. The molecule has 0 saturated carbocycles. The summed E-state index contributed by atoms with van der Waals surface area (Å²) in [6.45, 7) is 4.18. The van der Waals surface area contributed by atoms with E-state index >= 15 is 0 Å². The van der Waals surface area contributed by atoms with Crippen LogP contribution < -0.4 is 0 Å². The lowest BCUT2D eigenvalue weighted by molar-refractivity contribution is -0.146. The molecule has 0 N–H and O–H groups in total. The van der Waals surface area contributed by atoms with E-state index in [1.54, 1.807) is 0 Å². The Bertz CT molecular complexity index is 453. The second-order valence-corrected chi connectivity index (χ2v) is 6.16. The molecule has 1 atom stereocenters. The molecule has 1 aromatic carbocycles. The highest BCUT2D eigenvalue weighted by molar-refractivity contribution is 5.86. The minimum atomic E-state index is -0.474. The van der Waals surface area contributed by atoms with Crippen LogP contribution in [0.2, 0.25) is 0 Å². The SMILES string of the molecule is CCCCCCCCCOC(=O)C(CC(C)=O)c1ccccc1. The van der Waals surface area contributed by atoms with Gasteiger partial charge < -0.3 is 4.74 Å². The molecule has 0 bridgehead atoms. The zero-order chi connectivity index (χ0) is 16.9. The number of Topliss-reactive ketones (excluding diaryl/α,β-unsaturated/α-hetero) is 1. The second-order valence-electron chi connectivity index (χ2n) is 6.16. The molecule has 0 fully saturated rings. The van der Waals surface area contributed by atoms with Crippen molar-refractivity contribution in [2.45, 2.75) is 71.1 Å². The van der Waals surface area contributed by atoms with Crippen molar-refractivity contribution in [3.8, 4) is 0 Å². The highest BCUT2D eigenvalue weighted by atomic mass is 16.5. The summed E-state index contributed by atoms with van der Waals surface area (Å²) < 4.78 is 5.40. The fourth-order valence-electron chi connectivity index (χ4n) is 2.64. The number of ether oxygens (including phenoxy) is 1. The summed E-state index contributed by atoms with van der Waals surface area (Å²) in [6.07, 6.45) is 8.53. The van der Waals surface area contributed by atoms with Gasteiger partial charge in [-0.3, -0.25) is 9.59 Å². The number of hydrogen-bond donors (Lipinski definition) is 0. The second kappa shape index (κ2) is 11.9. The molecule has 0 saturated heterocycles. The quantitative estimate of drug-likeness (QED) is 0.400. The van der Waals surface area contributed by atoms with Crippen LogP contribution in [0, 0.1) is 0 Å². The lowest BCUT2D eigenvalue weighted by atomic mass is 9.94. The molecule has 128 valence electrons. The van der Waals surface area contributed by atoms with E-state index in [0.717, 1.165) is 18.4 Å². The molecule has 23 heavy (non-hydrogen) atoms. The van der Waals surface area contributed by atoms with Crippen molar-refractivity contribution >= 4 is 11.8 Å². The Morgan fingerprint density at radius 1 is 0.957 bits per heavy atom. The number of carbonyl (C=O) groups excluding carboxylic acids is 2. The first-order valence-corrected chi connectivity index (χ1v) is 8.86. The molecule has 0 aliphatic carbocycles. The first-order valence-electron chi connectivity index (χ1n) is 8.86. The Kier molecular flexibility index (Phi) is 10.0. The van der Waals surface area contributed by atoms with E-state index in [2.05, 4.69) is 6.92 Å². The molecule has 0 heterocycles. The van der Waals surface area contributed by atoms with Gasteiger partial charge in [0, 0.05) is 6.42 Å². The Morgan fingerprint density at radius 2 is 1.57 bits per heavy atom. The highest BCUT2D eigenvalue weighted by Crippen LogP contribution is 2.22. The van der Waals surface area contributed by atoms with Crippen LogP contribution in [0.25, 0.3) is 0 Å². The first kappa shape index (κ1) is 19.4. The maximum absolute atomic E-state index is 12.3. The normalized spacial score (nSPS) is 11.9. The summed E-state index contributed by atoms with van der Waals surface area (Å²) in [6, 6.07) is 9.42. The number of hydrogen-bond acceptors (Lipinski definition) is 3. The fraction of sp³-hybridized carbons (Fsp3) is 0.600. The smallest absolute Gasteiger partial charge is 0.313 e. The van der Waals surface area contributed by atoms with Crippen LogP contribution in [-0.2, 0) is 14.3 Å². The molecule has 0 spiro atoms. The lowest BCUT2D eigenvalue weighted by Gasteiger charge is -2.15. The van der Waals surface area contributed by atoms with Gasteiger partial charge in [0.25, 0.3) is 0 Å². The van der Waals surface area contributed by atoms with Gasteiger partial charge in [0.1, 0.15) is 5.78 Å². The van der Waals surface area contributed by atoms with Gasteiger partial charge in [-0.2, -0.15) is 0 Å². The van der Waals surface area contributed by atoms with Gasteiger partial charge in [-0.1, -0.05) is 75.8 Å². The van der Waals surface area contributed by atoms with E-state index < -0.39 is 5.92 Å². The highest BCUT2D eigenvalue weighted by Gasteiger charge is 2.23. The van der Waals surface area contributed by atoms with Gasteiger partial charge in [-0.05, 0) is 18.9 Å². The molecule has 3 heteroatoms. The molecule has 1 aromatic rings. The van der Waals surface area contributed by atoms with Crippen molar-refractivity contribution in [1.82, 2.24) is 0 Å². The van der Waals surface area contributed by atoms with Gasteiger partial charge in [0.05, 0.1) is 12.5 Å². The third-order valence-electron chi connectivity index (χ3n) is 3.97. The monoisotopic (exact) mass is 318 g/mol. The predicted octanol–water partition coefficient (Wildman–Crippen LogP) is 5.04. The third-order valence-corrected chi connectivity index (χ3v) is 3.97. The Labute approximate surface area is 140 Å². The topological polar surface area (TPSA) is 43.4 Å². The van der Waals surface area contributed by atoms with Gasteiger partial charge in [-0.15, -0.1) is 0 Å². The molecule has 0 radical (unpaired) electrons. The van der Waals surface area contributed by atoms with Crippen molar-refractivity contribution in [3.63, 3.8) is 0 Å². The van der Waals surface area contributed by atoms with E-state index in [-0.39, 0.29) is 18.2 Å². The molecule has 3 nitrogen and oxygen atoms in total. The van der Waals surface area contributed by atoms with E-state index in [9.17, 15) is 9.59 Å². The average Bonchev–Trinajstić information content (AvgIpc) is 2.55. The number of unbranched alkanes of at least 4 members (excludes halogenated alkanes) is 6. The summed E-state index contributed by atoms with van der Waals surface area (Å²) in [4.78, 5) is 23.7. The van der Waals surface area contributed by atoms with Crippen LogP contribution in [0.5, 0.6) is 0 Å². The summed E-state index contributed by atoms with van der Waals surface area (Å²) in [7, 11) is 0.